The van der Waals surface area contributed by atoms with Crippen LogP contribution in [0.3, 0.4) is 0 Å². The quantitative estimate of drug-likeness (QED) is 0.590. The van der Waals surface area contributed by atoms with E-state index >= 15 is 0 Å². The molecular weight excluding hydrogens is 410 g/mol. The smallest absolute Gasteiger partial charge is 0.271 e. The lowest BCUT2D eigenvalue weighted by atomic mass is 10.2. The van der Waals surface area contributed by atoms with E-state index in [1.165, 1.54) is 22.5 Å². The summed E-state index contributed by atoms with van der Waals surface area (Å²) in [5, 5.41) is 7.89. The van der Waals surface area contributed by atoms with Crippen LogP contribution >= 0.6 is 23.4 Å². The standard InChI is InChI=1S/C21H20ClN3O3S/c1-13-8-9-15(12-16(13)22)25-20(26)11-10-19(24-25)29-14(2)21(27)23-17-6-4-5-7-18(17)28-3/h4-12,14H,1-3H3,(H,23,27)/t14-/m0/s1. The van der Waals surface area contributed by atoms with Crippen molar-refractivity contribution in [3.05, 3.63) is 75.5 Å². The van der Waals surface area contributed by atoms with Crippen LogP contribution in [0.15, 0.2) is 64.4 Å². The molecule has 3 aromatic rings. The molecule has 150 valence electrons. The Labute approximate surface area is 177 Å². The normalized spacial score (nSPS) is 11.7. The molecular formula is C21H20ClN3O3S. The minimum atomic E-state index is -0.444. The topological polar surface area (TPSA) is 73.2 Å². The molecule has 1 heterocycles. The van der Waals surface area contributed by atoms with Crippen LogP contribution in [0.25, 0.3) is 5.69 Å². The van der Waals surface area contributed by atoms with Gasteiger partial charge in [0.2, 0.25) is 5.91 Å². The van der Waals surface area contributed by atoms with Crippen LogP contribution in [-0.2, 0) is 4.79 Å². The Hall–Kier alpha value is -2.77. The monoisotopic (exact) mass is 429 g/mol. The maximum Gasteiger partial charge on any atom is 0.271 e. The van der Waals surface area contributed by atoms with Gasteiger partial charge < -0.3 is 10.1 Å². The van der Waals surface area contributed by atoms with Crippen molar-refractivity contribution in [1.29, 1.82) is 0 Å². The fourth-order valence-electron chi connectivity index (χ4n) is 2.57. The van der Waals surface area contributed by atoms with Gasteiger partial charge in [0.25, 0.3) is 5.56 Å². The number of amides is 1. The first-order valence-corrected chi connectivity index (χ1v) is 10.1. The molecule has 0 saturated carbocycles. The van der Waals surface area contributed by atoms with Crippen molar-refractivity contribution in [2.45, 2.75) is 24.1 Å². The molecule has 29 heavy (non-hydrogen) atoms. The lowest BCUT2D eigenvalue weighted by molar-refractivity contribution is -0.115. The van der Waals surface area contributed by atoms with Crippen LogP contribution in [0, 0.1) is 6.92 Å². The predicted octanol–water partition coefficient (Wildman–Crippen LogP) is 4.32. The number of hydrogen-bond acceptors (Lipinski definition) is 5. The summed E-state index contributed by atoms with van der Waals surface area (Å²) in [4.78, 5) is 24.8. The highest BCUT2D eigenvalue weighted by atomic mass is 35.5. The molecule has 0 aliphatic carbocycles. The predicted molar refractivity (Wildman–Crippen MR) is 117 cm³/mol. The van der Waals surface area contributed by atoms with Gasteiger partial charge in [-0.15, -0.1) is 0 Å². The second-order valence-corrected chi connectivity index (χ2v) is 8.07. The van der Waals surface area contributed by atoms with E-state index in [4.69, 9.17) is 16.3 Å². The van der Waals surface area contributed by atoms with Gasteiger partial charge in [0.1, 0.15) is 10.8 Å². The minimum Gasteiger partial charge on any atom is -0.495 e. The second kappa shape index (κ2) is 9.15. The van der Waals surface area contributed by atoms with Gasteiger partial charge in [-0.25, -0.2) is 0 Å². The van der Waals surface area contributed by atoms with Gasteiger partial charge >= 0.3 is 0 Å². The van der Waals surface area contributed by atoms with E-state index in [2.05, 4.69) is 10.4 Å². The number of benzene rings is 2. The first kappa shape index (κ1) is 21.0. The first-order valence-electron chi connectivity index (χ1n) is 8.86. The molecule has 1 atom stereocenters. The number of para-hydroxylation sites is 2. The van der Waals surface area contributed by atoms with E-state index in [-0.39, 0.29) is 11.5 Å². The first-order chi connectivity index (χ1) is 13.9. The average molecular weight is 430 g/mol. The summed E-state index contributed by atoms with van der Waals surface area (Å²) >= 11 is 7.42. The summed E-state index contributed by atoms with van der Waals surface area (Å²) in [5.41, 5.74) is 1.80. The number of hydrogen-bond donors (Lipinski definition) is 1. The largest absolute Gasteiger partial charge is 0.495 e. The number of methoxy groups -OCH3 is 1. The van der Waals surface area contributed by atoms with Gasteiger partial charge in [0.15, 0.2) is 0 Å². The molecule has 0 unspecified atom stereocenters. The maximum atomic E-state index is 12.6. The fourth-order valence-corrected chi connectivity index (χ4v) is 3.55. The molecule has 0 bridgehead atoms. The van der Waals surface area contributed by atoms with Crippen LogP contribution in [0.4, 0.5) is 5.69 Å². The number of ether oxygens (including phenoxy) is 1. The number of thioether (sulfide) groups is 1. The van der Waals surface area contributed by atoms with E-state index < -0.39 is 5.25 Å². The SMILES string of the molecule is COc1ccccc1NC(=O)[C@H](C)Sc1ccc(=O)n(-c2ccc(C)c(Cl)c2)n1. The van der Waals surface area contributed by atoms with Crippen molar-refractivity contribution in [2.75, 3.05) is 12.4 Å². The highest BCUT2D eigenvalue weighted by Crippen LogP contribution is 2.26. The Balaban J connectivity index is 1.78. The number of nitrogens with zero attached hydrogens (tertiary/aromatic N) is 2. The van der Waals surface area contributed by atoms with Crippen LogP contribution in [0.1, 0.15) is 12.5 Å². The van der Waals surface area contributed by atoms with Gasteiger partial charge in [-0.2, -0.15) is 9.78 Å². The summed E-state index contributed by atoms with van der Waals surface area (Å²) in [6.07, 6.45) is 0. The second-order valence-electron chi connectivity index (χ2n) is 6.30. The molecule has 0 aliphatic rings. The Morgan fingerprint density at radius 3 is 2.69 bits per heavy atom. The fraction of sp³-hybridized carbons (Fsp3) is 0.190. The van der Waals surface area contributed by atoms with Crippen molar-refractivity contribution in [2.24, 2.45) is 0 Å². The summed E-state index contributed by atoms with van der Waals surface area (Å²) in [7, 11) is 1.55. The third-order valence-electron chi connectivity index (χ3n) is 4.21. The molecule has 0 radical (unpaired) electrons. The van der Waals surface area contributed by atoms with Crippen molar-refractivity contribution in [3.8, 4) is 11.4 Å². The van der Waals surface area contributed by atoms with E-state index in [0.717, 1.165) is 5.56 Å². The molecule has 0 saturated heterocycles. The minimum absolute atomic E-state index is 0.197. The zero-order valence-electron chi connectivity index (χ0n) is 16.2. The van der Waals surface area contributed by atoms with Crippen molar-refractivity contribution in [3.63, 3.8) is 0 Å². The highest BCUT2D eigenvalue weighted by Gasteiger charge is 2.17. The number of rotatable bonds is 6. The van der Waals surface area contributed by atoms with E-state index in [9.17, 15) is 9.59 Å². The third-order valence-corrected chi connectivity index (χ3v) is 5.64. The summed E-state index contributed by atoms with van der Waals surface area (Å²) < 4.78 is 6.53. The van der Waals surface area contributed by atoms with Gasteiger partial charge in [-0.1, -0.05) is 41.6 Å². The molecule has 1 N–H and O–H groups in total. The molecule has 0 spiro atoms. The average Bonchev–Trinajstić information content (AvgIpc) is 2.72. The van der Waals surface area contributed by atoms with E-state index in [1.807, 2.05) is 25.1 Å². The number of carbonyl (C=O) groups is 1. The van der Waals surface area contributed by atoms with Crippen LogP contribution in [0.2, 0.25) is 5.02 Å². The highest BCUT2D eigenvalue weighted by molar-refractivity contribution is 8.00. The van der Waals surface area contributed by atoms with Crippen molar-refractivity contribution < 1.29 is 9.53 Å². The number of aryl methyl sites for hydroxylation is 1. The van der Waals surface area contributed by atoms with E-state index in [1.54, 1.807) is 44.4 Å². The van der Waals surface area contributed by atoms with Gasteiger partial charge in [-0.05, 0) is 49.7 Å². The van der Waals surface area contributed by atoms with Crippen LogP contribution in [0.5, 0.6) is 5.75 Å². The lowest BCUT2D eigenvalue weighted by Crippen LogP contribution is -2.24. The van der Waals surface area contributed by atoms with Gasteiger partial charge in [0, 0.05) is 11.1 Å². The number of anilines is 1. The zero-order valence-corrected chi connectivity index (χ0v) is 17.8. The summed E-state index contributed by atoms with van der Waals surface area (Å²) in [6.45, 7) is 3.66. The number of halogens is 1. The molecule has 0 aliphatic heterocycles. The zero-order chi connectivity index (χ0) is 21.0. The number of nitrogens with one attached hydrogen (secondary N) is 1. The molecule has 6 nitrogen and oxygen atoms in total. The van der Waals surface area contributed by atoms with Crippen LogP contribution < -0.4 is 15.6 Å². The molecule has 1 amide bonds. The molecule has 1 aromatic heterocycles. The summed E-state index contributed by atoms with van der Waals surface area (Å²) in [5.74, 6) is 0.387. The Kier molecular flexibility index (Phi) is 6.61. The molecule has 0 fully saturated rings. The third kappa shape index (κ3) is 4.99. The molecule has 8 heteroatoms. The van der Waals surface area contributed by atoms with Gasteiger partial charge in [-0.3, -0.25) is 9.59 Å². The maximum absolute atomic E-state index is 12.6. The Morgan fingerprint density at radius 1 is 1.21 bits per heavy atom. The lowest BCUT2D eigenvalue weighted by Gasteiger charge is -2.14. The van der Waals surface area contributed by atoms with E-state index in [0.29, 0.717) is 27.2 Å². The van der Waals surface area contributed by atoms with Crippen molar-refractivity contribution in [1.82, 2.24) is 9.78 Å². The number of carbonyl (C=O) groups excluding carboxylic acids is 1. The van der Waals surface area contributed by atoms with Crippen molar-refractivity contribution >= 4 is 35.0 Å². The molecule has 2 aromatic carbocycles. The number of aromatic nitrogens is 2. The summed E-state index contributed by atoms with van der Waals surface area (Å²) in [6, 6.07) is 15.5. The Morgan fingerprint density at radius 2 is 1.97 bits per heavy atom. The molecule has 3 rings (SSSR count). The Bertz CT molecular complexity index is 1100. The van der Waals surface area contributed by atoms with Gasteiger partial charge in [0.05, 0.1) is 23.7 Å². The van der Waals surface area contributed by atoms with Crippen LogP contribution in [-0.4, -0.2) is 28.0 Å².